The number of rotatable bonds is 4. The zero-order valence-corrected chi connectivity index (χ0v) is 15.2. The molecule has 2 fully saturated rings. The summed E-state index contributed by atoms with van der Waals surface area (Å²) in [6, 6.07) is 6.93. The van der Waals surface area contributed by atoms with Crippen LogP contribution in [0.4, 0.5) is 4.39 Å². The average molecular weight is 376 g/mol. The number of amides is 1. The molecule has 26 heavy (non-hydrogen) atoms. The number of piperidine rings is 1. The first-order valence-electron chi connectivity index (χ1n) is 8.63. The van der Waals surface area contributed by atoms with Crippen molar-refractivity contribution in [2.24, 2.45) is 13.0 Å². The van der Waals surface area contributed by atoms with Gasteiger partial charge >= 0.3 is 0 Å². The third-order valence-corrected chi connectivity index (χ3v) is 6.12. The highest BCUT2D eigenvalue weighted by Crippen LogP contribution is 2.35. The summed E-state index contributed by atoms with van der Waals surface area (Å²) in [5.74, 6) is 0.337. The molecule has 0 saturated carbocycles. The van der Waals surface area contributed by atoms with Crippen LogP contribution in [0.1, 0.15) is 18.0 Å². The quantitative estimate of drug-likeness (QED) is 0.779. The van der Waals surface area contributed by atoms with Gasteiger partial charge in [-0.3, -0.25) is 10.2 Å². The van der Waals surface area contributed by atoms with Crippen LogP contribution in [0.25, 0.3) is 0 Å². The van der Waals surface area contributed by atoms with Gasteiger partial charge in [0.25, 0.3) is 0 Å². The van der Waals surface area contributed by atoms with Crippen LogP contribution in [-0.2, 0) is 11.8 Å². The number of nitrogens with one attached hydrogen (secondary N) is 2. The summed E-state index contributed by atoms with van der Waals surface area (Å²) in [6.07, 6.45) is 2.47. The fourth-order valence-corrected chi connectivity index (χ4v) is 4.48. The van der Waals surface area contributed by atoms with E-state index in [1.807, 2.05) is 24.1 Å². The van der Waals surface area contributed by atoms with Crippen molar-refractivity contribution in [3.8, 4) is 0 Å². The van der Waals surface area contributed by atoms with Gasteiger partial charge in [-0.2, -0.15) is 0 Å². The van der Waals surface area contributed by atoms with Gasteiger partial charge < -0.3 is 9.47 Å². The number of aromatic nitrogens is 3. The maximum Gasteiger partial charge on any atom is 0.233 e. The first kappa shape index (κ1) is 17.4. The van der Waals surface area contributed by atoms with Crippen LogP contribution >= 0.6 is 11.8 Å². The first-order chi connectivity index (χ1) is 12.6. The van der Waals surface area contributed by atoms with Crippen molar-refractivity contribution < 1.29 is 9.18 Å². The molecule has 2 aromatic rings. The summed E-state index contributed by atoms with van der Waals surface area (Å²) in [5.41, 5.74) is 7.14. The fourth-order valence-electron chi connectivity index (χ4n) is 3.69. The van der Waals surface area contributed by atoms with E-state index in [9.17, 15) is 9.18 Å². The van der Waals surface area contributed by atoms with Crippen LogP contribution in [-0.4, -0.2) is 50.5 Å². The molecule has 0 spiro atoms. The molecule has 1 aromatic heterocycles. The summed E-state index contributed by atoms with van der Waals surface area (Å²) < 4.78 is 16.0. The number of hydrazine groups is 1. The average Bonchev–Trinajstić information content (AvgIpc) is 3.25. The van der Waals surface area contributed by atoms with Crippen molar-refractivity contribution in [2.45, 2.75) is 23.7 Å². The normalized spacial score (nSPS) is 25.3. The third-order valence-electron chi connectivity index (χ3n) is 5.10. The van der Waals surface area contributed by atoms with Gasteiger partial charge in [0.05, 0.1) is 11.8 Å². The van der Waals surface area contributed by atoms with Crippen molar-refractivity contribution in [3.05, 3.63) is 42.0 Å². The van der Waals surface area contributed by atoms with Crippen molar-refractivity contribution in [1.29, 1.82) is 0 Å². The van der Waals surface area contributed by atoms with E-state index in [0.717, 1.165) is 11.6 Å². The minimum Gasteiger partial charge on any atom is -0.341 e. The summed E-state index contributed by atoms with van der Waals surface area (Å²) in [7, 11) is 1.85. The van der Waals surface area contributed by atoms with Gasteiger partial charge in [-0.15, -0.1) is 10.2 Å². The van der Waals surface area contributed by atoms with E-state index in [1.54, 1.807) is 17.0 Å². The highest BCUT2D eigenvalue weighted by molar-refractivity contribution is 7.99. The molecule has 1 amide bonds. The maximum atomic E-state index is 14.2. The third kappa shape index (κ3) is 3.34. The lowest BCUT2D eigenvalue weighted by molar-refractivity contribution is -0.130. The van der Waals surface area contributed by atoms with Crippen LogP contribution in [0.15, 0.2) is 35.7 Å². The number of carbonyl (C=O) groups is 1. The van der Waals surface area contributed by atoms with Gasteiger partial charge in [0, 0.05) is 37.7 Å². The predicted octanol–water partition coefficient (Wildman–Crippen LogP) is 1.11. The number of halogens is 1. The van der Waals surface area contributed by atoms with Crippen LogP contribution in [0.3, 0.4) is 0 Å². The SMILES string of the molecule is Cn1cnnc1SCC(=O)N1CCC2NNC(c3ccccc3F)C2C1. The first-order valence-corrected chi connectivity index (χ1v) is 9.62. The van der Waals surface area contributed by atoms with Crippen molar-refractivity contribution in [2.75, 3.05) is 18.8 Å². The van der Waals surface area contributed by atoms with E-state index in [2.05, 4.69) is 21.0 Å². The Morgan fingerprint density at radius 1 is 1.38 bits per heavy atom. The number of fused-ring (bicyclic) bond motifs is 1. The zero-order chi connectivity index (χ0) is 18.1. The van der Waals surface area contributed by atoms with Crippen LogP contribution < -0.4 is 10.9 Å². The standard InChI is InChI=1S/C17H21FN6OS/c1-23-10-19-22-17(23)26-9-15(25)24-7-6-14-12(8-24)16(21-20-14)11-4-2-3-5-13(11)18/h2-5,10,12,14,16,20-21H,6-9H2,1H3. The molecule has 3 atom stereocenters. The molecule has 138 valence electrons. The topological polar surface area (TPSA) is 75.1 Å². The summed E-state index contributed by atoms with van der Waals surface area (Å²) in [6.45, 7) is 1.32. The summed E-state index contributed by atoms with van der Waals surface area (Å²) >= 11 is 1.39. The number of hydrogen-bond acceptors (Lipinski definition) is 6. The number of hydrogen-bond donors (Lipinski definition) is 2. The number of nitrogens with zero attached hydrogens (tertiary/aromatic N) is 4. The second-order valence-corrected chi connectivity index (χ2v) is 7.64. The van der Waals surface area contributed by atoms with Crippen molar-refractivity contribution >= 4 is 17.7 Å². The molecule has 7 nitrogen and oxygen atoms in total. The Labute approximate surface area is 155 Å². The lowest BCUT2D eigenvalue weighted by Crippen LogP contribution is -2.48. The molecule has 2 aliphatic rings. The second-order valence-electron chi connectivity index (χ2n) is 6.70. The second kappa shape index (κ2) is 7.34. The zero-order valence-electron chi connectivity index (χ0n) is 14.4. The maximum absolute atomic E-state index is 14.2. The molecule has 2 saturated heterocycles. The van der Waals surface area contributed by atoms with Gasteiger partial charge in [-0.05, 0) is 12.5 Å². The monoisotopic (exact) mass is 376 g/mol. The molecule has 4 rings (SSSR count). The van der Waals surface area contributed by atoms with Gasteiger partial charge in [-0.25, -0.2) is 9.82 Å². The number of thioether (sulfide) groups is 1. The van der Waals surface area contributed by atoms with E-state index in [0.29, 0.717) is 24.4 Å². The van der Waals surface area contributed by atoms with Crippen LogP contribution in [0.2, 0.25) is 0 Å². The minimum atomic E-state index is -0.214. The molecule has 1 aromatic carbocycles. The van der Waals surface area contributed by atoms with Gasteiger partial charge in [0.1, 0.15) is 12.1 Å². The molecule has 3 unspecified atom stereocenters. The molecule has 0 radical (unpaired) electrons. The van der Waals surface area contributed by atoms with Crippen molar-refractivity contribution in [1.82, 2.24) is 30.5 Å². The fraction of sp³-hybridized carbons (Fsp3) is 0.471. The van der Waals surface area contributed by atoms with Crippen molar-refractivity contribution in [3.63, 3.8) is 0 Å². The Morgan fingerprint density at radius 2 is 2.23 bits per heavy atom. The van der Waals surface area contributed by atoms with E-state index in [4.69, 9.17) is 0 Å². The minimum absolute atomic E-state index is 0.0793. The Balaban J connectivity index is 1.42. The number of aryl methyl sites for hydroxylation is 1. The Morgan fingerprint density at radius 3 is 3.00 bits per heavy atom. The molecule has 3 heterocycles. The largest absolute Gasteiger partial charge is 0.341 e. The highest BCUT2D eigenvalue weighted by atomic mass is 32.2. The Kier molecular flexibility index (Phi) is 4.92. The number of benzene rings is 1. The highest BCUT2D eigenvalue weighted by Gasteiger charge is 2.42. The molecule has 9 heteroatoms. The molecule has 2 N–H and O–H groups in total. The predicted molar refractivity (Wildman–Crippen MR) is 95.6 cm³/mol. The molecular weight excluding hydrogens is 355 g/mol. The lowest BCUT2D eigenvalue weighted by atomic mass is 9.85. The van der Waals surface area contributed by atoms with E-state index < -0.39 is 0 Å². The Bertz CT molecular complexity index is 799. The lowest BCUT2D eigenvalue weighted by Gasteiger charge is -2.36. The van der Waals surface area contributed by atoms with Gasteiger partial charge in [-0.1, -0.05) is 30.0 Å². The van der Waals surface area contributed by atoms with Gasteiger partial charge in [0.15, 0.2) is 5.16 Å². The van der Waals surface area contributed by atoms with E-state index in [-0.39, 0.29) is 29.7 Å². The molecule has 0 aliphatic carbocycles. The molecule has 0 bridgehead atoms. The van der Waals surface area contributed by atoms with Gasteiger partial charge in [0.2, 0.25) is 5.91 Å². The van der Waals surface area contributed by atoms with Crippen LogP contribution in [0, 0.1) is 11.7 Å². The summed E-state index contributed by atoms with van der Waals surface area (Å²) in [4.78, 5) is 14.5. The number of carbonyl (C=O) groups excluding carboxylic acids is 1. The molecule has 2 aliphatic heterocycles. The van der Waals surface area contributed by atoms with E-state index in [1.165, 1.54) is 17.8 Å². The van der Waals surface area contributed by atoms with Crippen LogP contribution in [0.5, 0.6) is 0 Å². The summed E-state index contributed by atoms with van der Waals surface area (Å²) in [5, 5.41) is 8.54. The smallest absolute Gasteiger partial charge is 0.233 e. The Hall–Kier alpha value is -1.97. The number of likely N-dealkylation sites (tertiary alicyclic amines) is 1. The molecular formula is C17H21FN6OS. The van der Waals surface area contributed by atoms with E-state index >= 15 is 0 Å².